The first-order chi connectivity index (χ1) is 7.25. The maximum Gasteiger partial charge on any atom is 0.316 e. The third kappa shape index (κ3) is 6.09. The van der Waals surface area contributed by atoms with Gasteiger partial charge in [-0.25, -0.2) is 0 Å². The van der Waals surface area contributed by atoms with Gasteiger partial charge in [0.05, 0.1) is 5.41 Å². The average molecular weight is 255 g/mol. The van der Waals surface area contributed by atoms with E-state index in [-0.39, 0.29) is 28.5 Å². The van der Waals surface area contributed by atoms with Crippen LogP contribution in [0.15, 0.2) is 0 Å². The highest BCUT2D eigenvalue weighted by atomic mass is 24.3. The van der Waals surface area contributed by atoms with E-state index in [0.29, 0.717) is 0 Å². The lowest BCUT2D eigenvalue weighted by atomic mass is 9.65. The largest absolute Gasteiger partial charge is 0.481 e. The van der Waals surface area contributed by atoms with Gasteiger partial charge in [-0.3, -0.25) is 4.79 Å². The van der Waals surface area contributed by atoms with Crippen LogP contribution in [-0.2, 0) is 4.79 Å². The summed E-state index contributed by atoms with van der Waals surface area (Å²) >= 11 is 0. The molecule has 0 amide bonds. The van der Waals surface area contributed by atoms with Crippen LogP contribution in [0, 0.1) is 10.8 Å². The van der Waals surface area contributed by atoms with Crippen LogP contribution in [0.25, 0.3) is 0 Å². The molecule has 1 N–H and O–H groups in total. The van der Waals surface area contributed by atoms with E-state index in [4.69, 9.17) is 0 Å². The van der Waals surface area contributed by atoms with Crippen LogP contribution in [-0.4, -0.2) is 34.1 Å². The van der Waals surface area contributed by atoms with Gasteiger partial charge < -0.3 is 5.11 Å². The second kappa shape index (κ2) is 8.36. The van der Waals surface area contributed by atoms with E-state index in [1.165, 1.54) is 19.3 Å². The number of hydrogen-bond donors (Lipinski definition) is 1. The van der Waals surface area contributed by atoms with Crippen LogP contribution in [0.3, 0.4) is 0 Å². The Hall–Kier alpha value is 0.236. The van der Waals surface area contributed by atoms with Gasteiger partial charge in [-0.05, 0) is 18.8 Å². The van der Waals surface area contributed by atoms with Crippen molar-refractivity contribution in [2.24, 2.45) is 10.8 Å². The van der Waals surface area contributed by atoms with Crippen LogP contribution in [0.5, 0.6) is 0 Å². The van der Waals surface area contributed by atoms with Crippen molar-refractivity contribution < 1.29 is 9.90 Å². The molecule has 3 heteroatoms. The molecule has 0 aromatic carbocycles. The first kappa shape index (κ1) is 19.6. The molecule has 0 aliphatic rings. The predicted molar refractivity (Wildman–Crippen MR) is 77.1 cm³/mol. The van der Waals surface area contributed by atoms with Crippen molar-refractivity contribution in [3.63, 3.8) is 0 Å². The highest BCUT2D eigenvalue weighted by Crippen LogP contribution is 2.42. The van der Waals surface area contributed by atoms with E-state index in [1.807, 2.05) is 27.7 Å². The summed E-state index contributed by atoms with van der Waals surface area (Å²) in [6, 6.07) is 0. The topological polar surface area (TPSA) is 37.3 Å². The van der Waals surface area contributed by atoms with Crippen molar-refractivity contribution in [3.05, 3.63) is 0 Å². The Morgan fingerprint density at radius 3 is 1.82 bits per heavy atom. The fourth-order valence-corrected chi connectivity index (χ4v) is 1.88. The van der Waals surface area contributed by atoms with Gasteiger partial charge in [0.25, 0.3) is 0 Å². The minimum absolute atomic E-state index is 0. The van der Waals surface area contributed by atoms with Crippen LogP contribution in [0.2, 0.25) is 0 Å². The summed E-state index contributed by atoms with van der Waals surface area (Å²) in [5, 5.41) is 9.37. The molecule has 1 atom stereocenters. The zero-order valence-electron chi connectivity index (χ0n) is 11.6. The second-order valence-corrected chi connectivity index (χ2v) is 6.05. The van der Waals surface area contributed by atoms with E-state index < -0.39 is 11.4 Å². The van der Waals surface area contributed by atoms with E-state index in [9.17, 15) is 9.90 Å². The normalized spacial score (nSPS) is 14.9. The van der Waals surface area contributed by atoms with E-state index in [0.717, 1.165) is 19.3 Å². The first-order valence-corrected chi connectivity index (χ1v) is 6.49. The number of unbranched alkanes of at least 4 members (excludes halogenated alkanes) is 4. The lowest BCUT2D eigenvalue weighted by Crippen LogP contribution is -2.40. The van der Waals surface area contributed by atoms with Gasteiger partial charge in [-0.15, -0.1) is 0 Å². The summed E-state index contributed by atoms with van der Waals surface area (Å²) in [6.07, 6.45) is 6.70. The summed E-state index contributed by atoms with van der Waals surface area (Å²) < 4.78 is 0. The molecule has 17 heavy (non-hydrogen) atoms. The van der Waals surface area contributed by atoms with Crippen molar-refractivity contribution >= 4 is 29.0 Å². The molecule has 0 rings (SSSR count). The Morgan fingerprint density at radius 1 is 1.00 bits per heavy atom. The molecule has 0 saturated carbocycles. The van der Waals surface area contributed by atoms with Crippen molar-refractivity contribution in [3.8, 4) is 0 Å². The van der Waals surface area contributed by atoms with Gasteiger partial charge in [-0.2, -0.15) is 0 Å². The SMILES string of the molecule is CCCCCCCC(C)(C(=O)O)C(C)(C)C.[MgH2]. The molecule has 0 aromatic heterocycles. The van der Waals surface area contributed by atoms with Crippen LogP contribution in [0.1, 0.15) is 73.1 Å². The Morgan fingerprint density at radius 2 is 1.47 bits per heavy atom. The molecule has 100 valence electrons. The Kier molecular flexibility index (Phi) is 9.62. The van der Waals surface area contributed by atoms with Gasteiger partial charge in [0.15, 0.2) is 0 Å². The molecule has 1 unspecified atom stereocenters. The molecule has 0 aliphatic heterocycles. The second-order valence-electron chi connectivity index (χ2n) is 6.05. The maximum absolute atomic E-state index is 11.4. The Bertz CT molecular complexity index is 221. The maximum atomic E-state index is 11.4. The third-order valence-corrected chi connectivity index (χ3v) is 3.91. The van der Waals surface area contributed by atoms with Crippen molar-refractivity contribution in [2.45, 2.75) is 73.1 Å². The first-order valence-electron chi connectivity index (χ1n) is 6.49. The highest BCUT2D eigenvalue weighted by Gasteiger charge is 2.43. The third-order valence-electron chi connectivity index (χ3n) is 3.91. The van der Waals surface area contributed by atoms with Crippen LogP contribution in [0.4, 0.5) is 0 Å². The number of hydrogen-bond acceptors (Lipinski definition) is 1. The quantitative estimate of drug-likeness (QED) is 0.557. The Labute approximate surface area is 123 Å². The van der Waals surface area contributed by atoms with Crippen molar-refractivity contribution in [1.29, 1.82) is 0 Å². The standard InChI is InChI=1S/C14H28O2.Mg.2H/c1-6-7-8-9-10-11-14(5,12(15)16)13(2,3)4;;;/h6-11H2,1-5H3,(H,15,16);;;. The molecule has 0 heterocycles. The van der Waals surface area contributed by atoms with Crippen LogP contribution >= 0.6 is 0 Å². The fourth-order valence-electron chi connectivity index (χ4n) is 1.88. The monoisotopic (exact) mass is 254 g/mol. The lowest BCUT2D eigenvalue weighted by molar-refractivity contribution is -0.155. The number of aliphatic carboxylic acids is 1. The fraction of sp³-hybridized carbons (Fsp3) is 0.929. The smallest absolute Gasteiger partial charge is 0.316 e. The molecular weight excluding hydrogens is 224 g/mol. The molecule has 0 saturated heterocycles. The van der Waals surface area contributed by atoms with Gasteiger partial charge in [0.1, 0.15) is 0 Å². The lowest BCUT2D eigenvalue weighted by Gasteiger charge is -2.38. The molecule has 0 aromatic rings. The summed E-state index contributed by atoms with van der Waals surface area (Å²) in [5.74, 6) is -0.657. The summed E-state index contributed by atoms with van der Waals surface area (Å²) in [6.45, 7) is 10.1. The predicted octanol–water partition coefficient (Wildman–Crippen LogP) is 3.57. The number of carboxylic acid groups (broad SMARTS) is 1. The molecule has 0 spiro atoms. The molecule has 0 aliphatic carbocycles. The molecule has 0 radical (unpaired) electrons. The number of rotatable bonds is 7. The van der Waals surface area contributed by atoms with Gasteiger partial charge >= 0.3 is 29.0 Å². The van der Waals surface area contributed by atoms with Gasteiger partial charge in [-0.1, -0.05) is 59.8 Å². The van der Waals surface area contributed by atoms with E-state index in [1.54, 1.807) is 0 Å². The van der Waals surface area contributed by atoms with Gasteiger partial charge in [0.2, 0.25) is 0 Å². The zero-order valence-corrected chi connectivity index (χ0v) is 11.6. The average Bonchev–Trinajstić information content (AvgIpc) is 2.15. The summed E-state index contributed by atoms with van der Waals surface area (Å²) in [4.78, 5) is 11.4. The van der Waals surface area contributed by atoms with Crippen LogP contribution < -0.4 is 0 Å². The van der Waals surface area contributed by atoms with Crippen molar-refractivity contribution in [2.75, 3.05) is 0 Å². The minimum atomic E-state index is -0.657. The van der Waals surface area contributed by atoms with Crippen molar-refractivity contribution in [1.82, 2.24) is 0 Å². The number of carbonyl (C=O) groups is 1. The summed E-state index contributed by atoms with van der Waals surface area (Å²) in [5.41, 5.74) is -0.775. The van der Waals surface area contributed by atoms with E-state index in [2.05, 4.69) is 6.92 Å². The minimum Gasteiger partial charge on any atom is -0.481 e. The molecular formula is C14H30MgO2. The molecule has 0 bridgehead atoms. The van der Waals surface area contributed by atoms with Gasteiger partial charge in [0, 0.05) is 0 Å². The molecule has 0 fully saturated rings. The summed E-state index contributed by atoms with van der Waals surface area (Å²) in [7, 11) is 0. The zero-order chi connectivity index (χ0) is 12.8. The Balaban J connectivity index is 0. The highest BCUT2D eigenvalue weighted by molar-refractivity contribution is 5.75. The molecule has 2 nitrogen and oxygen atoms in total. The number of carboxylic acids is 1. The van der Waals surface area contributed by atoms with E-state index >= 15 is 0 Å².